The van der Waals surface area contributed by atoms with Crippen LogP contribution in [-0.2, 0) is 11.3 Å². The average molecular weight is 393 g/mol. The van der Waals surface area contributed by atoms with Gasteiger partial charge in [0.15, 0.2) is 5.82 Å². The Hall–Kier alpha value is -3.29. The Labute approximate surface area is 168 Å². The van der Waals surface area contributed by atoms with Gasteiger partial charge in [0.25, 0.3) is 5.56 Å². The number of carbonyl (C=O) groups excluding carboxylic acids is 1. The summed E-state index contributed by atoms with van der Waals surface area (Å²) in [6.45, 7) is 6.24. The number of aryl methyl sites for hydroxylation is 2. The molecule has 1 aromatic carbocycles. The Morgan fingerprint density at radius 2 is 1.86 bits per heavy atom. The molecule has 2 aromatic heterocycles. The number of nitrogens with zero attached hydrogens (tertiary/aromatic N) is 5. The van der Waals surface area contributed by atoms with Gasteiger partial charge in [-0.05, 0) is 26.3 Å². The second-order valence-electron chi connectivity index (χ2n) is 7.49. The Morgan fingerprint density at radius 1 is 1.14 bits per heavy atom. The molecule has 8 heteroatoms. The number of benzene rings is 1. The number of hydrogen-bond acceptors (Lipinski definition) is 6. The van der Waals surface area contributed by atoms with E-state index < -0.39 is 0 Å². The zero-order valence-corrected chi connectivity index (χ0v) is 16.7. The zero-order valence-electron chi connectivity index (χ0n) is 16.7. The predicted molar refractivity (Wildman–Crippen MR) is 106 cm³/mol. The molecule has 0 spiro atoms. The molecule has 0 aliphatic carbocycles. The zero-order chi connectivity index (χ0) is 20.5. The summed E-state index contributed by atoms with van der Waals surface area (Å²) >= 11 is 0. The first-order valence-electron chi connectivity index (χ1n) is 9.59. The molecule has 8 nitrogen and oxygen atoms in total. The number of likely N-dealkylation sites (tertiary alicyclic amines) is 1. The molecular formula is C21H23N5O3. The van der Waals surface area contributed by atoms with Crippen LogP contribution in [0.3, 0.4) is 0 Å². The van der Waals surface area contributed by atoms with E-state index in [1.165, 1.54) is 10.9 Å². The Bertz CT molecular complexity index is 1090. The van der Waals surface area contributed by atoms with E-state index in [2.05, 4.69) is 15.1 Å². The summed E-state index contributed by atoms with van der Waals surface area (Å²) < 4.78 is 6.80. The van der Waals surface area contributed by atoms with Crippen LogP contribution >= 0.6 is 0 Å². The highest BCUT2D eigenvalue weighted by atomic mass is 16.5. The van der Waals surface area contributed by atoms with Crippen LogP contribution in [-0.4, -0.2) is 43.6 Å². The molecule has 29 heavy (non-hydrogen) atoms. The molecule has 3 aromatic rings. The van der Waals surface area contributed by atoms with Crippen molar-refractivity contribution in [3.8, 4) is 0 Å². The molecule has 0 N–H and O–H groups in total. The molecule has 0 radical (unpaired) electrons. The van der Waals surface area contributed by atoms with E-state index >= 15 is 0 Å². The molecule has 0 saturated carbocycles. The van der Waals surface area contributed by atoms with Crippen molar-refractivity contribution in [3.05, 3.63) is 75.5 Å². The normalized spacial score (nSPS) is 18.9. The fourth-order valence-electron chi connectivity index (χ4n) is 3.79. The van der Waals surface area contributed by atoms with Crippen LogP contribution in [0.1, 0.15) is 40.4 Å². The Morgan fingerprint density at radius 3 is 2.55 bits per heavy atom. The second-order valence-corrected chi connectivity index (χ2v) is 7.49. The van der Waals surface area contributed by atoms with E-state index in [1.807, 2.05) is 30.3 Å². The van der Waals surface area contributed by atoms with Crippen LogP contribution in [0.25, 0.3) is 0 Å². The van der Waals surface area contributed by atoms with Crippen LogP contribution in [0.15, 0.2) is 46.0 Å². The van der Waals surface area contributed by atoms with Gasteiger partial charge in [-0.15, -0.1) is 0 Å². The van der Waals surface area contributed by atoms with Gasteiger partial charge in [-0.25, -0.2) is 4.98 Å². The van der Waals surface area contributed by atoms with E-state index in [4.69, 9.17) is 4.52 Å². The first kappa shape index (κ1) is 19.0. The van der Waals surface area contributed by atoms with Crippen LogP contribution in [0.4, 0.5) is 0 Å². The van der Waals surface area contributed by atoms with Crippen molar-refractivity contribution in [3.63, 3.8) is 0 Å². The van der Waals surface area contributed by atoms with Crippen molar-refractivity contribution in [2.45, 2.75) is 39.2 Å². The molecule has 1 amide bonds. The average Bonchev–Trinajstić information content (AvgIpc) is 3.35. The van der Waals surface area contributed by atoms with Crippen molar-refractivity contribution < 1.29 is 9.32 Å². The van der Waals surface area contributed by atoms with Gasteiger partial charge in [0.1, 0.15) is 6.54 Å². The molecule has 0 bridgehead atoms. The van der Waals surface area contributed by atoms with Gasteiger partial charge in [0, 0.05) is 30.3 Å². The van der Waals surface area contributed by atoms with Crippen molar-refractivity contribution in [1.29, 1.82) is 0 Å². The van der Waals surface area contributed by atoms with Crippen molar-refractivity contribution in [2.24, 2.45) is 0 Å². The van der Waals surface area contributed by atoms with Crippen molar-refractivity contribution >= 4 is 5.91 Å². The Kier molecular flexibility index (Phi) is 5.00. The minimum Gasteiger partial charge on any atom is -0.340 e. The summed E-state index contributed by atoms with van der Waals surface area (Å²) in [5.74, 6) is 0.949. The first-order valence-corrected chi connectivity index (χ1v) is 9.59. The number of amides is 1. The lowest BCUT2D eigenvalue weighted by Crippen LogP contribution is -2.36. The van der Waals surface area contributed by atoms with Crippen LogP contribution in [0, 0.1) is 20.8 Å². The van der Waals surface area contributed by atoms with E-state index in [0.717, 1.165) is 5.56 Å². The lowest BCUT2D eigenvalue weighted by molar-refractivity contribution is -0.130. The maximum Gasteiger partial charge on any atom is 0.256 e. The van der Waals surface area contributed by atoms with E-state index in [-0.39, 0.29) is 29.8 Å². The molecule has 4 rings (SSSR count). The fourth-order valence-corrected chi connectivity index (χ4v) is 3.79. The molecule has 1 aliphatic rings. The number of aromatic nitrogens is 4. The summed E-state index contributed by atoms with van der Waals surface area (Å²) in [5, 5.41) is 3.91. The lowest BCUT2D eigenvalue weighted by Gasteiger charge is -2.17. The standard InChI is InChI=1S/C21H23N5O3/c1-13-14(2)22-12-26(21(13)28)11-19(27)25-9-17(16-7-5-4-6-8-16)18(10-25)20-23-15(3)24-29-20/h4-8,12,17-18H,9-11H2,1-3H3/t17-,18+/m0/s1. The molecule has 2 atom stereocenters. The van der Waals surface area contributed by atoms with Gasteiger partial charge >= 0.3 is 0 Å². The van der Waals surface area contributed by atoms with Crippen LogP contribution in [0.2, 0.25) is 0 Å². The van der Waals surface area contributed by atoms with Gasteiger partial charge < -0.3 is 9.42 Å². The van der Waals surface area contributed by atoms with Gasteiger partial charge in [-0.2, -0.15) is 4.98 Å². The van der Waals surface area contributed by atoms with Crippen LogP contribution in [0.5, 0.6) is 0 Å². The predicted octanol–water partition coefficient (Wildman–Crippen LogP) is 1.96. The van der Waals surface area contributed by atoms with Crippen LogP contribution < -0.4 is 5.56 Å². The van der Waals surface area contributed by atoms with Crippen molar-refractivity contribution in [1.82, 2.24) is 24.6 Å². The largest absolute Gasteiger partial charge is 0.340 e. The third-order valence-electron chi connectivity index (χ3n) is 5.58. The quantitative estimate of drug-likeness (QED) is 0.673. The fraction of sp³-hybridized carbons (Fsp3) is 0.381. The van der Waals surface area contributed by atoms with E-state index in [9.17, 15) is 9.59 Å². The summed E-state index contributed by atoms with van der Waals surface area (Å²) in [4.78, 5) is 35.8. The third-order valence-corrected chi connectivity index (χ3v) is 5.58. The summed E-state index contributed by atoms with van der Waals surface area (Å²) in [6, 6.07) is 10.0. The monoisotopic (exact) mass is 393 g/mol. The molecule has 1 aliphatic heterocycles. The topological polar surface area (TPSA) is 94.1 Å². The Balaban J connectivity index is 1.59. The summed E-state index contributed by atoms with van der Waals surface area (Å²) in [6.07, 6.45) is 1.44. The maximum atomic E-state index is 13.0. The highest BCUT2D eigenvalue weighted by Crippen LogP contribution is 2.39. The highest BCUT2D eigenvalue weighted by Gasteiger charge is 2.40. The smallest absolute Gasteiger partial charge is 0.256 e. The molecule has 150 valence electrons. The molecular weight excluding hydrogens is 370 g/mol. The molecule has 3 heterocycles. The molecule has 1 saturated heterocycles. The SMILES string of the molecule is Cc1noc([C@@H]2CN(C(=O)Cn3cnc(C)c(C)c3=O)C[C@H]2c2ccccc2)n1. The minimum absolute atomic E-state index is 0.0377. The van der Waals surface area contributed by atoms with Gasteiger partial charge in [0.05, 0.1) is 12.2 Å². The lowest BCUT2D eigenvalue weighted by atomic mass is 9.89. The first-order chi connectivity index (χ1) is 13.9. The van der Waals surface area contributed by atoms with Gasteiger partial charge in [-0.3, -0.25) is 14.2 Å². The highest BCUT2D eigenvalue weighted by molar-refractivity contribution is 5.76. The third kappa shape index (κ3) is 3.70. The van der Waals surface area contributed by atoms with Gasteiger partial charge in [0.2, 0.25) is 11.8 Å². The summed E-state index contributed by atoms with van der Waals surface area (Å²) in [5.41, 5.74) is 2.17. The van der Waals surface area contributed by atoms with E-state index in [0.29, 0.717) is 36.1 Å². The second kappa shape index (κ2) is 7.62. The van der Waals surface area contributed by atoms with Gasteiger partial charge in [-0.1, -0.05) is 35.5 Å². The minimum atomic E-state index is -0.186. The number of carbonyl (C=O) groups is 1. The van der Waals surface area contributed by atoms with E-state index in [1.54, 1.807) is 25.7 Å². The molecule has 0 unspecified atom stereocenters. The number of rotatable bonds is 4. The van der Waals surface area contributed by atoms with Crippen molar-refractivity contribution in [2.75, 3.05) is 13.1 Å². The molecule has 1 fully saturated rings. The summed E-state index contributed by atoms with van der Waals surface area (Å²) in [7, 11) is 0. The number of hydrogen-bond donors (Lipinski definition) is 0. The maximum absolute atomic E-state index is 13.0.